The first-order chi connectivity index (χ1) is 10.6. The molecule has 22 heavy (non-hydrogen) atoms. The average Bonchev–Trinajstić information content (AvgIpc) is 3.06. The summed E-state index contributed by atoms with van der Waals surface area (Å²) in [6, 6.07) is 4.50. The average molecular weight is 304 g/mol. The number of carbonyl (C=O) groups is 1. The minimum absolute atomic E-state index is 0.0232. The van der Waals surface area contributed by atoms with E-state index in [-0.39, 0.29) is 11.9 Å². The maximum absolute atomic E-state index is 11.9. The zero-order valence-electron chi connectivity index (χ0n) is 13.5. The molecule has 0 unspecified atom stereocenters. The molecule has 3 rings (SSSR count). The number of carbonyl (C=O) groups excluding carboxylic acids is 1. The van der Waals surface area contributed by atoms with Gasteiger partial charge in [0.15, 0.2) is 0 Å². The van der Waals surface area contributed by atoms with E-state index in [1.165, 1.54) is 0 Å². The van der Waals surface area contributed by atoms with Gasteiger partial charge in [-0.2, -0.15) is 0 Å². The molecule has 1 amide bonds. The van der Waals surface area contributed by atoms with Gasteiger partial charge in [0.2, 0.25) is 11.8 Å². The summed E-state index contributed by atoms with van der Waals surface area (Å²) < 4.78 is 5.33. The highest BCUT2D eigenvalue weighted by Gasteiger charge is 2.46. The molecule has 2 aliphatic heterocycles. The van der Waals surface area contributed by atoms with E-state index in [1.807, 2.05) is 6.07 Å². The zero-order chi connectivity index (χ0) is 15.7. The number of rotatable bonds is 4. The Labute approximate surface area is 131 Å². The molecule has 0 spiro atoms. The summed E-state index contributed by atoms with van der Waals surface area (Å²) in [6.45, 7) is 2.87. The number of hydrogen-bond donors (Lipinski definition) is 1. The van der Waals surface area contributed by atoms with Gasteiger partial charge in [-0.25, -0.2) is 4.98 Å². The van der Waals surface area contributed by atoms with E-state index in [0.29, 0.717) is 17.8 Å². The number of nitrogens with one attached hydrogen (secondary N) is 1. The Balaban J connectivity index is 1.64. The molecule has 6 nitrogen and oxygen atoms in total. The minimum Gasteiger partial charge on any atom is -0.481 e. The van der Waals surface area contributed by atoms with Crippen molar-refractivity contribution in [1.82, 2.24) is 20.1 Å². The van der Waals surface area contributed by atoms with Crippen molar-refractivity contribution in [3.63, 3.8) is 0 Å². The van der Waals surface area contributed by atoms with E-state index in [2.05, 4.69) is 33.2 Å². The Kier molecular flexibility index (Phi) is 4.31. The Morgan fingerprint density at radius 3 is 3.00 bits per heavy atom. The van der Waals surface area contributed by atoms with E-state index >= 15 is 0 Å². The first-order valence-electron chi connectivity index (χ1n) is 7.77. The third-order valence-corrected chi connectivity index (χ3v) is 5.01. The van der Waals surface area contributed by atoms with Gasteiger partial charge in [-0.1, -0.05) is 6.07 Å². The summed E-state index contributed by atoms with van der Waals surface area (Å²) in [5, 5.41) is 2.77. The van der Waals surface area contributed by atoms with Gasteiger partial charge in [0, 0.05) is 44.5 Å². The van der Waals surface area contributed by atoms with Crippen LogP contribution in [0.4, 0.5) is 0 Å². The molecule has 120 valence electrons. The molecule has 0 bridgehead atoms. The van der Waals surface area contributed by atoms with Gasteiger partial charge in [0.25, 0.3) is 0 Å². The molecule has 0 saturated carbocycles. The highest BCUT2D eigenvalue weighted by Crippen LogP contribution is 2.35. The van der Waals surface area contributed by atoms with Crippen LogP contribution < -0.4 is 10.1 Å². The first-order valence-corrected chi connectivity index (χ1v) is 7.77. The van der Waals surface area contributed by atoms with Crippen molar-refractivity contribution >= 4 is 5.91 Å². The van der Waals surface area contributed by atoms with Crippen LogP contribution in [0.5, 0.6) is 5.88 Å². The Morgan fingerprint density at radius 2 is 2.32 bits per heavy atom. The van der Waals surface area contributed by atoms with E-state index in [9.17, 15) is 4.79 Å². The summed E-state index contributed by atoms with van der Waals surface area (Å²) in [4.78, 5) is 20.9. The van der Waals surface area contributed by atoms with Gasteiger partial charge in [-0.3, -0.25) is 14.6 Å². The number of pyridine rings is 1. The van der Waals surface area contributed by atoms with Crippen LogP contribution in [0, 0.1) is 5.92 Å². The minimum atomic E-state index is 0.0232. The molecule has 2 aliphatic rings. The SMILES string of the molecule is CNC(=O)[C@H]1C[C@@H]2CN(Cc3cccnc3OC)C[C@@H]2N1C. The molecule has 2 saturated heterocycles. The fourth-order valence-electron chi connectivity index (χ4n) is 3.88. The lowest BCUT2D eigenvalue weighted by molar-refractivity contribution is -0.125. The number of ether oxygens (including phenoxy) is 1. The summed E-state index contributed by atoms with van der Waals surface area (Å²) in [7, 11) is 5.44. The Morgan fingerprint density at radius 1 is 1.50 bits per heavy atom. The molecular formula is C16H24N4O2. The fraction of sp³-hybridized carbons (Fsp3) is 0.625. The summed E-state index contributed by atoms with van der Waals surface area (Å²) in [6.07, 6.45) is 2.70. The van der Waals surface area contributed by atoms with E-state index < -0.39 is 0 Å². The maximum Gasteiger partial charge on any atom is 0.237 e. The van der Waals surface area contributed by atoms with Crippen LogP contribution in [0.2, 0.25) is 0 Å². The van der Waals surface area contributed by atoms with Gasteiger partial charge in [-0.15, -0.1) is 0 Å². The zero-order valence-corrected chi connectivity index (χ0v) is 13.5. The predicted octanol–water partition coefficient (Wildman–Crippen LogP) is 0.341. The lowest BCUT2D eigenvalue weighted by atomic mass is 10.0. The van der Waals surface area contributed by atoms with Crippen molar-refractivity contribution in [2.45, 2.75) is 25.0 Å². The molecule has 1 N–H and O–H groups in total. The number of likely N-dealkylation sites (N-methyl/N-ethyl adjacent to an activating group) is 2. The first kappa shape index (κ1) is 15.2. The highest BCUT2D eigenvalue weighted by atomic mass is 16.5. The summed E-state index contributed by atoms with van der Waals surface area (Å²) in [5.74, 6) is 1.41. The molecule has 6 heteroatoms. The third kappa shape index (κ3) is 2.68. The fourth-order valence-corrected chi connectivity index (χ4v) is 3.88. The van der Waals surface area contributed by atoms with Gasteiger partial charge in [-0.05, 0) is 25.5 Å². The van der Waals surface area contributed by atoms with Crippen LogP contribution in [0.25, 0.3) is 0 Å². The lowest BCUT2D eigenvalue weighted by Crippen LogP contribution is -2.44. The number of hydrogen-bond acceptors (Lipinski definition) is 5. The second kappa shape index (κ2) is 6.22. The van der Waals surface area contributed by atoms with E-state index in [1.54, 1.807) is 20.4 Å². The molecule has 3 atom stereocenters. The molecule has 0 aliphatic carbocycles. The second-order valence-corrected chi connectivity index (χ2v) is 6.22. The molecule has 2 fully saturated rings. The molecule has 1 aromatic heterocycles. The van der Waals surface area contributed by atoms with Crippen molar-refractivity contribution in [2.24, 2.45) is 5.92 Å². The van der Waals surface area contributed by atoms with Gasteiger partial charge >= 0.3 is 0 Å². The maximum atomic E-state index is 11.9. The normalized spacial score (nSPS) is 28.6. The molecule has 3 heterocycles. The van der Waals surface area contributed by atoms with Crippen LogP contribution in [0.3, 0.4) is 0 Å². The molecule has 1 aromatic rings. The van der Waals surface area contributed by atoms with E-state index in [0.717, 1.165) is 31.6 Å². The number of methoxy groups -OCH3 is 1. The largest absolute Gasteiger partial charge is 0.481 e. The van der Waals surface area contributed by atoms with E-state index in [4.69, 9.17) is 4.74 Å². The quantitative estimate of drug-likeness (QED) is 0.869. The topological polar surface area (TPSA) is 57.7 Å². The van der Waals surface area contributed by atoms with Crippen LogP contribution in [-0.2, 0) is 11.3 Å². The standard InChI is InChI=1S/C16H24N4O2/c1-17-15(21)13-7-12-9-20(10-14(12)19(13)2)8-11-5-4-6-18-16(11)22-3/h4-6,12-14H,7-10H2,1-3H3,(H,17,21)/t12-,13-,14+/m1/s1. The van der Waals surface area contributed by atoms with Gasteiger partial charge in [0.1, 0.15) is 0 Å². The monoisotopic (exact) mass is 304 g/mol. The number of likely N-dealkylation sites (tertiary alicyclic amines) is 2. The lowest BCUT2D eigenvalue weighted by Gasteiger charge is -2.25. The van der Waals surface area contributed by atoms with Crippen LogP contribution in [0.1, 0.15) is 12.0 Å². The predicted molar refractivity (Wildman–Crippen MR) is 83.6 cm³/mol. The number of aromatic nitrogens is 1. The highest BCUT2D eigenvalue weighted by molar-refractivity contribution is 5.81. The van der Waals surface area contributed by atoms with Crippen LogP contribution in [0.15, 0.2) is 18.3 Å². The smallest absolute Gasteiger partial charge is 0.237 e. The second-order valence-electron chi connectivity index (χ2n) is 6.22. The van der Waals surface area contributed by atoms with Crippen molar-refractivity contribution < 1.29 is 9.53 Å². The number of amides is 1. The van der Waals surface area contributed by atoms with Crippen molar-refractivity contribution in [3.05, 3.63) is 23.9 Å². The molecule has 0 aromatic carbocycles. The van der Waals surface area contributed by atoms with Crippen LogP contribution in [-0.4, -0.2) is 67.1 Å². The van der Waals surface area contributed by atoms with Crippen LogP contribution >= 0.6 is 0 Å². The van der Waals surface area contributed by atoms with Crippen molar-refractivity contribution in [1.29, 1.82) is 0 Å². The van der Waals surface area contributed by atoms with Gasteiger partial charge in [0.05, 0.1) is 13.2 Å². The molecule has 0 radical (unpaired) electrons. The number of fused-ring (bicyclic) bond motifs is 1. The van der Waals surface area contributed by atoms with Crippen molar-refractivity contribution in [2.75, 3.05) is 34.3 Å². The summed E-state index contributed by atoms with van der Waals surface area (Å²) >= 11 is 0. The van der Waals surface area contributed by atoms with Gasteiger partial charge < -0.3 is 10.1 Å². The Hall–Kier alpha value is -1.66. The molecular weight excluding hydrogens is 280 g/mol. The van der Waals surface area contributed by atoms with Crippen molar-refractivity contribution in [3.8, 4) is 5.88 Å². The third-order valence-electron chi connectivity index (χ3n) is 5.01. The Bertz CT molecular complexity index is 551. The number of nitrogens with zero attached hydrogens (tertiary/aromatic N) is 3. The summed E-state index contributed by atoms with van der Waals surface area (Å²) in [5.41, 5.74) is 1.12.